The fourth-order valence-electron chi connectivity index (χ4n) is 0.661. The predicted octanol–water partition coefficient (Wildman–Crippen LogP) is -0.0447. The minimum atomic E-state index is -1.26. The lowest BCUT2D eigenvalue weighted by Crippen LogP contribution is -2.44. The molecule has 2 atom stereocenters. The SMILES string of the molecule is COC(=O)NC(C(=O)O)C(C)C#N. The first-order valence-corrected chi connectivity index (χ1v) is 3.49. The van der Waals surface area contributed by atoms with Gasteiger partial charge in [0.1, 0.15) is 6.04 Å². The minimum Gasteiger partial charge on any atom is -0.480 e. The number of carboxylic acids is 1. The molecular weight excluding hydrogens is 176 g/mol. The van der Waals surface area contributed by atoms with E-state index in [-0.39, 0.29) is 0 Å². The van der Waals surface area contributed by atoms with Gasteiger partial charge in [0, 0.05) is 0 Å². The zero-order valence-electron chi connectivity index (χ0n) is 7.27. The van der Waals surface area contributed by atoms with Gasteiger partial charge in [-0.2, -0.15) is 5.26 Å². The van der Waals surface area contributed by atoms with Crippen LogP contribution in [0.25, 0.3) is 0 Å². The van der Waals surface area contributed by atoms with E-state index in [1.165, 1.54) is 6.92 Å². The highest BCUT2D eigenvalue weighted by atomic mass is 16.5. The Labute approximate surface area is 75.1 Å². The van der Waals surface area contributed by atoms with E-state index in [9.17, 15) is 9.59 Å². The topological polar surface area (TPSA) is 99.4 Å². The van der Waals surface area contributed by atoms with Gasteiger partial charge in [-0.3, -0.25) is 0 Å². The van der Waals surface area contributed by atoms with Crippen LogP contribution in [0, 0.1) is 17.2 Å². The Bertz CT molecular complexity index is 245. The van der Waals surface area contributed by atoms with E-state index in [4.69, 9.17) is 10.4 Å². The highest BCUT2D eigenvalue weighted by molar-refractivity contribution is 5.80. The van der Waals surface area contributed by atoms with Gasteiger partial charge in [0.25, 0.3) is 0 Å². The van der Waals surface area contributed by atoms with Crippen LogP contribution in [0.3, 0.4) is 0 Å². The van der Waals surface area contributed by atoms with Crippen LogP contribution in [-0.2, 0) is 9.53 Å². The Morgan fingerprint density at radius 1 is 1.62 bits per heavy atom. The maximum atomic E-state index is 10.6. The van der Waals surface area contributed by atoms with Gasteiger partial charge >= 0.3 is 12.1 Å². The van der Waals surface area contributed by atoms with Crippen molar-refractivity contribution in [1.29, 1.82) is 5.26 Å². The molecule has 13 heavy (non-hydrogen) atoms. The van der Waals surface area contributed by atoms with E-state index in [0.717, 1.165) is 7.11 Å². The standard InChI is InChI=1S/C7H10N2O4/c1-4(3-8)5(6(10)11)9-7(12)13-2/h4-5H,1-2H3,(H,9,12)(H,10,11). The average Bonchev–Trinajstić information content (AvgIpc) is 2.11. The summed E-state index contributed by atoms with van der Waals surface area (Å²) in [6.45, 7) is 1.40. The Morgan fingerprint density at radius 2 is 2.15 bits per heavy atom. The third-order valence-electron chi connectivity index (χ3n) is 1.43. The molecule has 0 aliphatic heterocycles. The van der Waals surface area contributed by atoms with Crippen LogP contribution < -0.4 is 5.32 Å². The molecule has 0 bridgehead atoms. The predicted molar refractivity (Wildman–Crippen MR) is 41.7 cm³/mol. The number of nitrogens with one attached hydrogen (secondary N) is 1. The number of carbonyl (C=O) groups excluding carboxylic acids is 1. The number of nitriles is 1. The maximum absolute atomic E-state index is 10.6. The van der Waals surface area contributed by atoms with Crippen molar-refractivity contribution in [2.24, 2.45) is 5.92 Å². The van der Waals surface area contributed by atoms with Crippen LogP contribution in [0.1, 0.15) is 6.92 Å². The summed E-state index contributed by atoms with van der Waals surface area (Å²) in [5.41, 5.74) is 0. The first-order valence-electron chi connectivity index (χ1n) is 3.49. The third kappa shape index (κ3) is 3.42. The highest BCUT2D eigenvalue weighted by Gasteiger charge is 2.26. The molecule has 6 nitrogen and oxygen atoms in total. The number of hydrogen-bond acceptors (Lipinski definition) is 4. The number of methoxy groups -OCH3 is 1. The second-order valence-corrected chi connectivity index (χ2v) is 2.37. The molecule has 0 spiro atoms. The molecule has 2 unspecified atom stereocenters. The number of alkyl carbamates (subject to hydrolysis) is 1. The van der Waals surface area contributed by atoms with Gasteiger partial charge in [0.05, 0.1) is 19.1 Å². The minimum absolute atomic E-state index is 0.809. The van der Waals surface area contributed by atoms with Crippen molar-refractivity contribution in [3.8, 4) is 6.07 Å². The van der Waals surface area contributed by atoms with Crippen molar-refractivity contribution in [3.63, 3.8) is 0 Å². The number of rotatable bonds is 3. The van der Waals surface area contributed by atoms with Gasteiger partial charge < -0.3 is 15.2 Å². The van der Waals surface area contributed by atoms with Crippen LogP contribution in [0.5, 0.6) is 0 Å². The van der Waals surface area contributed by atoms with Crippen LogP contribution in [0.2, 0.25) is 0 Å². The van der Waals surface area contributed by atoms with Gasteiger partial charge in [-0.15, -0.1) is 0 Å². The van der Waals surface area contributed by atoms with Crippen LogP contribution in [0.15, 0.2) is 0 Å². The number of nitrogens with zero attached hydrogens (tertiary/aromatic N) is 1. The van der Waals surface area contributed by atoms with Gasteiger partial charge in [-0.05, 0) is 6.92 Å². The quantitative estimate of drug-likeness (QED) is 0.643. The van der Waals surface area contributed by atoms with Gasteiger partial charge in [-0.1, -0.05) is 0 Å². The normalized spacial score (nSPS) is 13.6. The van der Waals surface area contributed by atoms with Crippen molar-refractivity contribution in [3.05, 3.63) is 0 Å². The Morgan fingerprint density at radius 3 is 2.46 bits per heavy atom. The van der Waals surface area contributed by atoms with Gasteiger partial charge in [0.2, 0.25) is 0 Å². The van der Waals surface area contributed by atoms with Crippen molar-refractivity contribution < 1.29 is 19.4 Å². The summed E-state index contributed by atoms with van der Waals surface area (Å²) in [6, 6.07) is 0.486. The molecule has 6 heteroatoms. The molecule has 0 rings (SSSR count). The number of ether oxygens (including phenoxy) is 1. The molecule has 0 aliphatic carbocycles. The molecule has 1 amide bonds. The van der Waals surface area contributed by atoms with E-state index >= 15 is 0 Å². The first kappa shape index (κ1) is 11.2. The van der Waals surface area contributed by atoms with Crippen molar-refractivity contribution in [2.75, 3.05) is 7.11 Å². The second-order valence-electron chi connectivity index (χ2n) is 2.37. The highest BCUT2D eigenvalue weighted by Crippen LogP contribution is 2.01. The fraction of sp³-hybridized carbons (Fsp3) is 0.571. The van der Waals surface area contributed by atoms with Crippen LogP contribution in [-0.4, -0.2) is 30.3 Å². The fourth-order valence-corrected chi connectivity index (χ4v) is 0.661. The molecular formula is C7H10N2O4. The molecule has 0 aromatic heterocycles. The van der Waals surface area contributed by atoms with E-state index in [1.807, 2.05) is 5.32 Å². The lowest BCUT2D eigenvalue weighted by molar-refractivity contribution is -0.140. The van der Waals surface area contributed by atoms with E-state index in [2.05, 4.69) is 4.74 Å². The third-order valence-corrected chi connectivity index (χ3v) is 1.43. The average molecular weight is 186 g/mol. The number of carbonyl (C=O) groups is 2. The Hall–Kier alpha value is -1.77. The van der Waals surface area contributed by atoms with Gasteiger partial charge in [-0.25, -0.2) is 9.59 Å². The number of carboxylic acid groups (broad SMARTS) is 1. The lowest BCUT2D eigenvalue weighted by Gasteiger charge is -2.14. The van der Waals surface area contributed by atoms with Crippen LogP contribution in [0.4, 0.5) is 4.79 Å². The molecule has 0 aliphatic rings. The first-order chi connectivity index (χ1) is 6.02. The molecule has 72 valence electrons. The number of aliphatic carboxylic acids is 1. The summed E-state index contributed by atoms with van der Waals surface area (Å²) < 4.78 is 4.20. The molecule has 0 radical (unpaired) electrons. The molecule has 0 fully saturated rings. The largest absolute Gasteiger partial charge is 0.480 e. The van der Waals surface area contributed by atoms with Crippen molar-refractivity contribution >= 4 is 12.1 Å². The van der Waals surface area contributed by atoms with Crippen molar-refractivity contribution in [2.45, 2.75) is 13.0 Å². The van der Waals surface area contributed by atoms with E-state index in [0.29, 0.717) is 0 Å². The summed E-state index contributed by atoms with van der Waals surface area (Å²) in [6.07, 6.45) is -0.866. The molecule has 0 saturated heterocycles. The molecule has 0 aromatic rings. The van der Waals surface area contributed by atoms with E-state index in [1.54, 1.807) is 6.07 Å². The molecule has 2 N–H and O–H groups in total. The zero-order chi connectivity index (χ0) is 10.4. The summed E-state index contributed by atoms with van der Waals surface area (Å²) in [4.78, 5) is 21.2. The van der Waals surface area contributed by atoms with Gasteiger partial charge in [0.15, 0.2) is 0 Å². The smallest absolute Gasteiger partial charge is 0.407 e. The monoisotopic (exact) mass is 186 g/mol. The summed E-state index contributed by atoms with van der Waals surface area (Å²) >= 11 is 0. The second kappa shape index (κ2) is 4.98. The molecule has 0 heterocycles. The zero-order valence-corrected chi connectivity index (χ0v) is 7.27. The molecule has 0 saturated carbocycles. The Kier molecular flexibility index (Phi) is 4.30. The maximum Gasteiger partial charge on any atom is 0.407 e. The van der Waals surface area contributed by atoms with Crippen LogP contribution >= 0.6 is 0 Å². The van der Waals surface area contributed by atoms with Crippen molar-refractivity contribution in [1.82, 2.24) is 5.32 Å². The molecule has 0 aromatic carbocycles. The van der Waals surface area contributed by atoms with E-state index < -0.39 is 24.0 Å². The Balaban J connectivity index is 4.37. The summed E-state index contributed by atoms with van der Waals surface area (Å²) in [5.74, 6) is -2.07. The number of hydrogen-bond donors (Lipinski definition) is 2. The summed E-state index contributed by atoms with van der Waals surface area (Å²) in [7, 11) is 1.12. The summed E-state index contributed by atoms with van der Waals surface area (Å²) in [5, 5.41) is 19.1. The lowest BCUT2D eigenvalue weighted by atomic mass is 10.0. The number of amides is 1.